The Morgan fingerprint density at radius 1 is 0.811 bits per heavy atom. The first-order valence-corrected chi connectivity index (χ1v) is 15.2. The summed E-state index contributed by atoms with van der Waals surface area (Å²) in [7, 11) is 0. The van der Waals surface area contributed by atoms with Gasteiger partial charge in [-0.2, -0.15) is 4.57 Å². The molecule has 1 aromatic heterocycles. The molecule has 0 aliphatic carbocycles. The van der Waals surface area contributed by atoms with Gasteiger partial charge in [0.25, 0.3) is 0 Å². The summed E-state index contributed by atoms with van der Waals surface area (Å²) >= 11 is 1.68. The number of aryl methyl sites for hydroxylation is 1. The Balaban J connectivity index is 0.0000130. The molecule has 1 amide bonds. The molecular weight excluding hydrogens is 552 g/mol. The smallest absolute Gasteiger partial charge is 0.407 e. The van der Waals surface area contributed by atoms with Crippen LogP contribution in [0.4, 0.5) is 4.79 Å². The van der Waals surface area contributed by atoms with Crippen molar-refractivity contribution in [2.75, 3.05) is 19.8 Å². The topological polar surface area (TPSA) is 68.5 Å². The van der Waals surface area contributed by atoms with Crippen molar-refractivity contribution in [1.82, 2.24) is 5.32 Å². The molecule has 0 aliphatic heterocycles. The number of ether oxygens (including phenoxy) is 2. The van der Waals surface area contributed by atoms with E-state index in [0.29, 0.717) is 18.5 Å². The fraction of sp³-hybridized carbons (Fsp3) is 0.759. The van der Waals surface area contributed by atoms with Crippen molar-refractivity contribution in [3.63, 3.8) is 0 Å². The molecule has 6 nitrogen and oxygen atoms in total. The maximum atomic E-state index is 11.8. The lowest BCUT2D eigenvalue weighted by Crippen LogP contribution is -3.00. The van der Waals surface area contributed by atoms with Gasteiger partial charge in [-0.25, -0.2) is 4.79 Å². The van der Waals surface area contributed by atoms with Gasteiger partial charge in [-0.1, -0.05) is 102 Å². The summed E-state index contributed by atoms with van der Waals surface area (Å²) in [6.45, 7) is 7.86. The molecule has 0 atom stereocenters. The third-order valence-corrected chi connectivity index (χ3v) is 6.89. The fourth-order valence-electron chi connectivity index (χ4n) is 3.98. The second-order valence-electron chi connectivity index (χ2n) is 9.73. The average Bonchev–Trinajstić information content (AvgIpc) is 3.40. The van der Waals surface area contributed by atoms with Crippen LogP contribution in [0, 0.1) is 0 Å². The van der Waals surface area contributed by atoms with Gasteiger partial charge < -0.3 is 31.8 Å². The number of aromatic nitrogens is 1. The molecular formula is C29H51BrN2O4S. The number of amides is 1. The highest BCUT2D eigenvalue weighted by atomic mass is 79.9. The normalized spacial score (nSPS) is 10.5. The highest BCUT2D eigenvalue weighted by molar-refractivity contribution is 7.07. The lowest BCUT2D eigenvalue weighted by molar-refractivity contribution is -0.692. The first kappa shape index (κ1) is 35.6. The number of unbranched alkanes of at least 4 members (excludes halogenated alkanes) is 14. The zero-order chi connectivity index (χ0) is 26.1. The number of carbonyl (C=O) groups excluding carboxylic acids is 2. The van der Waals surface area contributed by atoms with E-state index in [1.807, 2.05) is 0 Å². The average molecular weight is 604 g/mol. The Kier molecular flexibility index (Phi) is 25.2. The van der Waals surface area contributed by atoms with Crippen molar-refractivity contribution in [3.05, 3.63) is 29.2 Å². The highest BCUT2D eigenvalue weighted by Gasteiger charge is 2.07. The number of nitrogens with zero attached hydrogens (tertiary/aromatic N) is 1. The molecule has 37 heavy (non-hydrogen) atoms. The molecule has 1 aromatic rings. The molecule has 1 rings (SSSR count). The number of alkyl carbamates (subject to hydrolysis) is 1. The molecule has 0 radical (unpaired) electrons. The Morgan fingerprint density at radius 3 is 1.97 bits per heavy atom. The van der Waals surface area contributed by atoms with Crippen LogP contribution >= 0.6 is 11.3 Å². The molecule has 0 unspecified atom stereocenters. The third kappa shape index (κ3) is 23.4. The van der Waals surface area contributed by atoms with Crippen LogP contribution < -0.4 is 26.9 Å². The van der Waals surface area contributed by atoms with Crippen LogP contribution in [0.2, 0.25) is 0 Å². The van der Waals surface area contributed by atoms with E-state index in [0.717, 1.165) is 38.6 Å². The van der Waals surface area contributed by atoms with Crippen molar-refractivity contribution >= 4 is 23.4 Å². The van der Waals surface area contributed by atoms with Crippen LogP contribution in [-0.4, -0.2) is 31.8 Å². The SMILES string of the molecule is C=C(COC(=O)CCCCC[n+]1ccsc1)COC(=O)NCCCCCCCCCCCCCCC.[Br-]. The second-order valence-corrected chi connectivity index (χ2v) is 10.5. The minimum absolute atomic E-state index is 0. The fourth-order valence-corrected chi connectivity index (χ4v) is 4.61. The number of carbonyl (C=O) groups is 2. The first-order chi connectivity index (χ1) is 17.6. The lowest BCUT2D eigenvalue weighted by atomic mass is 10.0. The van der Waals surface area contributed by atoms with E-state index in [2.05, 4.69) is 40.5 Å². The monoisotopic (exact) mass is 602 g/mol. The maximum Gasteiger partial charge on any atom is 0.407 e. The van der Waals surface area contributed by atoms with Gasteiger partial charge in [0.2, 0.25) is 5.51 Å². The summed E-state index contributed by atoms with van der Waals surface area (Å²) in [5.74, 6) is -0.230. The predicted octanol–water partition coefficient (Wildman–Crippen LogP) is 4.52. The minimum Gasteiger partial charge on any atom is -1.00 e. The van der Waals surface area contributed by atoms with Crippen molar-refractivity contribution in [1.29, 1.82) is 0 Å². The van der Waals surface area contributed by atoms with Gasteiger partial charge in [-0.3, -0.25) is 4.79 Å². The predicted molar refractivity (Wildman–Crippen MR) is 148 cm³/mol. The highest BCUT2D eigenvalue weighted by Crippen LogP contribution is 2.12. The van der Waals surface area contributed by atoms with Gasteiger partial charge in [0.1, 0.15) is 19.8 Å². The quantitative estimate of drug-likeness (QED) is 0.0817. The van der Waals surface area contributed by atoms with E-state index in [1.165, 1.54) is 70.6 Å². The third-order valence-electron chi connectivity index (χ3n) is 6.22. The van der Waals surface area contributed by atoms with E-state index in [1.54, 1.807) is 11.3 Å². The first-order valence-electron chi connectivity index (χ1n) is 14.3. The van der Waals surface area contributed by atoms with Gasteiger partial charge in [0.05, 0.1) is 5.38 Å². The Labute approximate surface area is 240 Å². The van der Waals surface area contributed by atoms with Crippen LogP contribution in [-0.2, 0) is 20.8 Å². The number of hydrogen-bond donors (Lipinski definition) is 1. The lowest BCUT2D eigenvalue weighted by Gasteiger charge is -2.10. The number of hydrogen-bond acceptors (Lipinski definition) is 5. The molecule has 0 bridgehead atoms. The van der Waals surface area contributed by atoms with E-state index >= 15 is 0 Å². The number of thiazole rings is 1. The van der Waals surface area contributed by atoms with Gasteiger partial charge in [-0.05, 0) is 24.8 Å². The van der Waals surface area contributed by atoms with Gasteiger partial charge in [0, 0.05) is 19.4 Å². The molecule has 0 saturated heterocycles. The Hall–Kier alpha value is -1.41. The van der Waals surface area contributed by atoms with Crippen LogP contribution in [0.1, 0.15) is 116 Å². The van der Waals surface area contributed by atoms with Crippen molar-refractivity contribution in [2.45, 2.75) is 123 Å². The summed E-state index contributed by atoms with van der Waals surface area (Å²) in [6, 6.07) is 0. The second kappa shape index (κ2) is 26.2. The van der Waals surface area contributed by atoms with Crippen LogP contribution in [0.15, 0.2) is 29.2 Å². The number of halogens is 1. The molecule has 0 spiro atoms. The van der Waals surface area contributed by atoms with Crippen molar-refractivity contribution in [2.24, 2.45) is 0 Å². The number of rotatable bonds is 24. The minimum atomic E-state index is -0.440. The van der Waals surface area contributed by atoms with Gasteiger partial charge in [-0.15, -0.1) is 0 Å². The summed E-state index contributed by atoms with van der Waals surface area (Å²) in [4.78, 5) is 23.7. The standard InChI is InChI=1S/C29H50N2O4S.BrH/c1-3-4-5-6-7-8-9-10-11-12-13-14-17-20-30-29(33)35-25-27(2)24-34-28(32)19-16-15-18-21-31-22-23-36-26-31;/h22-23,26H,2-21,24-25H2,1H3;1H. The van der Waals surface area contributed by atoms with E-state index < -0.39 is 6.09 Å². The summed E-state index contributed by atoms with van der Waals surface area (Å²) in [5, 5.41) is 4.84. The number of esters is 1. The summed E-state index contributed by atoms with van der Waals surface area (Å²) in [5.41, 5.74) is 2.66. The zero-order valence-electron chi connectivity index (χ0n) is 23.2. The molecule has 1 heterocycles. The van der Waals surface area contributed by atoms with Crippen LogP contribution in [0.3, 0.4) is 0 Å². The molecule has 0 fully saturated rings. The van der Waals surface area contributed by atoms with E-state index in [9.17, 15) is 9.59 Å². The van der Waals surface area contributed by atoms with Crippen molar-refractivity contribution < 1.29 is 40.6 Å². The maximum absolute atomic E-state index is 11.8. The molecule has 0 saturated carbocycles. The number of nitrogens with one attached hydrogen (secondary N) is 1. The van der Waals surface area contributed by atoms with E-state index in [4.69, 9.17) is 9.47 Å². The van der Waals surface area contributed by atoms with Gasteiger partial charge >= 0.3 is 12.1 Å². The Morgan fingerprint density at radius 2 is 1.38 bits per heavy atom. The molecule has 0 aliphatic rings. The molecule has 1 N–H and O–H groups in total. The molecule has 0 aromatic carbocycles. The summed E-state index contributed by atoms with van der Waals surface area (Å²) in [6.07, 6.45) is 21.8. The molecule has 214 valence electrons. The van der Waals surface area contributed by atoms with E-state index in [-0.39, 0.29) is 36.2 Å². The summed E-state index contributed by atoms with van der Waals surface area (Å²) < 4.78 is 12.5. The molecule has 8 heteroatoms. The van der Waals surface area contributed by atoms with Crippen molar-refractivity contribution in [3.8, 4) is 0 Å². The zero-order valence-corrected chi connectivity index (χ0v) is 25.6. The largest absolute Gasteiger partial charge is 1.00 e. The van der Waals surface area contributed by atoms with Crippen LogP contribution in [0.5, 0.6) is 0 Å². The van der Waals surface area contributed by atoms with Gasteiger partial charge in [0.15, 0.2) is 6.20 Å². The van der Waals surface area contributed by atoms with Crippen LogP contribution in [0.25, 0.3) is 0 Å². The Bertz CT molecular complexity index is 685.